The standard InChI is InChI=1S/C30H32ClN3O5Si/c1-18-27(40(2,3)38)26(13-14-35)39-30(18)23-16-20(31)11-12-25(23)33(29(30)37)17-19-7-6-8-21(15-19)34-28(36)22-9-4-5-10-24(22)32-34/h4-12,15-16,18,26-27,32,35,38H,13-14,17H2,1-3H3/t18-,26+,27-,30+/m1/s1. The number of aliphatic hydroxyl groups is 1. The molecule has 0 aliphatic carbocycles. The number of aromatic amines is 1. The number of carbonyl (C=O) groups is 1. The number of hydrogen-bond acceptors (Lipinski definition) is 5. The van der Waals surface area contributed by atoms with E-state index in [2.05, 4.69) is 5.10 Å². The molecule has 0 radical (unpaired) electrons. The number of anilines is 1. The number of halogens is 1. The van der Waals surface area contributed by atoms with E-state index in [0.717, 1.165) is 11.1 Å². The highest BCUT2D eigenvalue weighted by atomic mass is 35.5. The Balaban J connectivity index is 1.41. The normalized spacial score (nSPS) is 24.4. The van der Waals surface area contributed by atoms with Gasteiger partial charge in [-0.2, -0.15) is 0 Å². The molecule has 2 aliphatic rings. The van der Waals surface area contributed by atoms with Crippen LogP contribution in [0.5, 0.6) is 0 Å². The molecule has 0 saturated carbocycles. The highest BCUT2D eigenvalue weighted by Gasteiger charge is 2.66. The second-order valence-corrected chi connectivity index (χ2v) is 15.8. The number of nitrogens with one attached hydrogen (secondary N) is 1. The Morgan fingerprint density at radius 3 is 2.58 bits per heavy atom. The Bertz CT molecular complexity index is 1680. The molecule has 3 heterocycles. The molecule has 6 rings (SSSR count). The SMILES string of the molecule is C[C@@H]1[C@@H]([Si](C)(C)O)[C@H](CCO)O[C@@]12C(=O)N(Cc1cccc(-n3[nH]c4ccccc4c3=O)c1)c1ccc(Cl)cc12. The third-order valence-electron chi connectivity index (χ3n) is 8.46. The Labute approximate surface area is 237 Å². The molecule has 3 N–H and O–H groups in total. The summed E-state index contributed by atoms with van der Waals surface area (Å²) >= 11 is 6.45. The summed E-state index contributed by atoms with van der Waals surface area (Å²) in [6.45, 7) is 5.82. The first-order valence-corrected chi connectivity index (χ1v) is 16.9. The van der Waals surface area contributed by atoms with Gasteiger partial charge >= 0.3 is 0 Å². The van der Waals surface area contributed by atoms with Crippen molar-refractivity contribution in [2.24, 2.45) is 5.92 Å². The van der Waals surface area contributed by atoms with Gasteiger partial charge in [-0.3, -0.25) is 14.7 Å². The van der Waals surface area contributed by atoms with Gasteiger partial charge in [-0.05, 0) is 67.5 Å². The number of H-pyrrole nitrogens is 1. The summed E-state index contributed by atoms with van der Waals surface area (Å²) in [5, 5.41) is 14.0. The molecule has 8 nitrogen and oxygen atoms in total. The second kappa shape index (κ2) is 9.71. The quantitative estimate of drug-likeness (QED) is 0.288. The number of para-hydroxylation sites is 1. The molecule has 0 bridgehead atoms. The van der Waals surface area contributed by atoms with Crippen LogP contribution in [-0.2, 0) is 21.7 Å². The van der Waals surface area contributed by atoms with Gasteiger partial charge in [0.1, 0.15) is 0 Å². The number of ether oxygens (including phenoxy) is 1. The fourth-order valence-corrected chi connectivity index (χ4v) is 9.60. The third-order valence-corrected chi connectivity index (χ3v) is 11.2. The molecule has 1 aromatic heterocycles. The molecule has 1 fully saturated rings. The number of nitrogens with zero attached hydrogens (tertiary/aromatic N) is 2. The first kappa shape index (κ1) is 27.0. The molecule has 2 aliphatic heterocycles. The van der Waals surface area contributed by atoms with Crippen LogP contribution in [-0.4, -0.2) is 46.6 Å². The maximum absolute atomic E-state index is 14.4. The summed E-state index contributed by atoms with van der Waals surface area (Å²) < 4.78 is 8.13. The lowest BCUT2D eigenvalue weighted by Gasteiger charge is -2.32. The Kier molecular flexibility index (Phi) is 6.55. The van der Waals surface area contributed by atoms with Crippen molar-refractivity contribution < 1.29 is 19.4 Å². The molecule has 4 atom stereocenters. The number of aliphatic hydroxyl groups excluding tert-OH is 1. The van der Waals surface area contributed by atoms with Gasteiger partial charge in [-0.15, -0.1) is 0 Å². The minimum atomic E-state index is -2.78. The fraction of sp³-hybridized carbons (Fsp3) is 0.333. The second-order valence-electron chi connectivity index (χ2n) is 11.4. The molecule has 1 saturated heterocycles. The maximum atomic E-state index is 14.4. The maximum Gasteiger partial charge on any atom is 0.279 e. The van der Waals surface area contributed by atoms with Crippen molar-refractivity contribution in [2.75, 3.05) is 11.5 Å². The number of rotatable bonds is 6. The van der Waals surface area contributed by atoms with E-state index in [1.165, 1.54) is 4.68 Å². The summed E-state index contributed by atoms with van der Waals surface area (Å²) in [5.41, 5.74) is 1.91. The van der Waals surface area contributed by atoms with E-state index in [-0.39, 0.29) is 36.1 Å². The molecular weight excluding hydrogens is 546 g/mol. The van der Waals surface area contributed by atoms with Crippen LogP contribution in [0.25, 0.3) is 16.6 Å². The molecular formula is C30H32ClN3O5Si. The van der Waals surface area contributed by atoms with E-state index < -0.39 is 20.0 Å². The lowest BCUT2D eigenvalue weighted by molar-refractivity contribution is -0.146. The monoisotopic (exact) mass is 577 g/mol. The van der Waals surface area contributed by atoms with E-state index in [1.54, 1.807) is 23.1 Å². The lowest BCUT2D eigenvalue weighted by Crippen LogP contribution is -2.46. The first-order valence-electron chi connectivity index (χ1n) is 13.5. The van der Waals surface area contributed by atoms with Crippen LogP contribution in [0.4, 0.5) is 5.69 Å². The highest BCUT2D eigenvalue weighted by Crippen LogP contribution is 2.60. The van der Waals surface area contributed by atoms with Crippen LogP contribution in [0.1, 0.15) is 24.5 Å². The number of hydrogen-bond donors (Lipinski definition) is 3. The average molecular weight is 578 g/mol. The zero-order valence-electron chi connectivity index (χ0n) is 22.6. The van der Waals surface area contributed by atoms with Crippen LogP contribution in [0.2, 0.25) is 23.7 Å². The van der Waals surface area contributed by atoms with Crippen molar-refractivity contribution in [1.29, 1.82) is 0 Å². The van der Waals surface area contributed by atoms with Gasteiger partial charge in [0.2, 0.25) is 0 Å². The van der Waals surface area contributed by atoms with Crippen molar-refractivity contribution in [3.8, 4) is 5.69 Å². The Hall–Kier alpha value is -3.21. The largest absolute Gasteiger partial charge is 0.432 e. The van der Waals surface area contributed by atoms with Gasteiger partial charge in [0.15, 0.2) is 13.9 Å². The van der Waals surface area contributed by atoms with Gasteiger partial charge in [0.25, 0.3) is 11.5 Å². The van der Waals surface area contributed by atoms with Crippen LogP contribution in [0.15, 0.2) is 71.5 Å². The molecule has 0 unspecified atom stereocenters. The van der Waals surface area contributed by atoms with Crippen LogP contribution < -0.4 is 10.5 Å². The van der Waals surface area contributed by atoms with Crippen molar-refractivity contribution >= 4 is 42.4 Å². The molecule has 1 amide bonds. The average Bonchev–Trinajstić information content (AvgIpc) is 3.49. The number of amides is 1. The Morgan fingerprint density at radius 2 is 1.85 bits per heavy atom. The molecule has 40 heavy (non-hydrogen) atoms. The van der Waals surface area contributed by atoms with Gasteiger partial charge in [-0.1, -0.05) is 42.8 Å². The Morgan fingerprint density at radius 1 is 1.07 bits per heavy atom. The summed E-state index contributed by atoms with van der Waals surface area (Å²) in [6.07, 6.45) is -0.127. The first-order chi connectivity index (χ1) is 19.1. The number of carbonyl (C=O) groups excluding carboxylic acids is 1. The summed E-state index contributed by atoms with van der Waals surface area (Å²) in [5.74, 6) is -0.546. The molecule has 10 heteroatoms. The van der Waals surface area contributed by atoms with E-state index >= 15 is 0 Å². The molecule has 3 aromatic carbocycles. The topological polar surface area (TPSA) is 108 Å². The summed E-state index contributed by atoms with van der Waals surface area (Å²) in [7, 11) is -2.78. The van der Waals surface area contributed by atoms with E-state index in [4.69, 9.17) is 16.3 Å². The predicted octanol–water partition coefficient (Wildman–Crippen LogP) is 4.70. The van der Waals surface area contributed by atoms with Gasteiger partial charge in [-0.25, -0.2) is 4.68 Å². The third kappa shape index (κ3) is 4.07. The van der Waals surface area contributed by atoms with Crippen molar-refractivity contribution in [2.45, 2.75) is 50.2 Å². The van der Waals surface area contributed by atoms with Gasteiger partial charge < -0.3 is 19.5 Å². The van der Waals surface area contributed by atoms with E-state index in [0.29, 0.717) is 33.8 Å². The van der Waals surface area contributed by atoms with Crippen molar-refractivity contribution in [3.05, 3.63) is 93.2 Å². The molecule has 4 aromatic rings. The van der Waals surface area contributed by atoms with Crippen molar-refractivity contribution in [1.82, 2.24) is 9.78 Å². The fourth-order valence-electron chi connectivity index (χ4n) is 6.82. The van der Waals surface area contributed by atoms with Gasteiger partial charge in [0.05, 0.1) is 34.9 Å². The zero-order valence-corrected chi connectivity index (χ0v) is 24.4. The van der Waals surface area contributed by atoms with E-state index in [1.807, 2.05) is 68.5 Å². The predicted molar refractivity (Wildman–Crippen MR) is 157 cm³/mol. The number of benzene rings is 3. The lowest BCUT2D eigenvalue weighted by atomic mass is 9.82. The molecule has 1 spiro atoms. The van der Waals surface area contributed by atoms with Crippen molar-refractivity contribution in [3.63, 3.8) is 0 Å². The van der Waals surface area contributed by atoms with Crippen LogP contribution >= 0.6 is 11.6 Å². The smallest absolute Gasteiger partial charge is 0.279 e. The van der Waals surface area contributed by atoms with Crippen LogP contribution in [0, 0.1) is 5.92 Å². The highest BCUT2D eigenvalue weighted by molar-refractivity contribution is 6.71. The van der Waals surface area contributed by atoms with E-state index in [9.17, 15) is 19.5 Å². The summed E-state index contributed by atoms with van der Waals surface area (Å²) in [4.78, 5) is 40.4. The van der Waals surface area contributed by atoms with Crippen LogP contribution in [0.3, 0.4) is 0 Å². The van der Waals surface area contributed by atoms with Gasteiger partial charge in [0, 0.05) is 28.7 Å². The zero-order chi connectivity index (χ0) is 28.4. The number of aromatic nitrogens is 2. The summed E-state index contributed by atoms with van der Waals surface area (Å²) in [6, 6.07) is 20.3. The molecule has 208 valence electrons. The number of fused-ring (bicyclic) bond motifs is 3. The minimum absolute atomic E-state index is 0.103. The minimum Gasteiger partial charge on any atom is -0.432 e.